The Labute approximate surface area is 384 Å². The lowest BCUT2D eigenvalue weighted by atomic mass is 9.43. The molecule has 0 saturated heterocycles. The van der Waals surface area contributed by atoms with Gasteiger partial charge in [0.15, 0.2) is 0 Å². The van der Waals surface area contributed by atoms with E-state index < -0.39 is 0 Å². The van der Waals surface area contributed by atoms with E-state index in [1.54, 1.807) is 0 Å². The number of rotatable bonds is 4. The molecule has 3 heterocycles. The van der Waals surface area contributed by atoms with Gasteiger partial charge in [-0.25, -0.2) is 0 Å². The number of anilines is 5. The zero-order valence-corrected chi connectivity index (χ0v) is 39.4. The fourth-order valence-corrected chi connectivity index (χ4v) is 11.4. The molecule has 0 amide bonds. The molecular weight excluding hydrogens is 792 g/mol. The molecule has 0 spiro atoms. The summed E-state index contributed by atoms with van der Waals surface area (Å²) in [7, 11) is 0. The number of nitrogens with zero attached hydrogens (tertiary/aromatic N) is 2. The van der Waals surface area contributed by atoms with Crippen LogP contribution in [0.2, 0.25) is 0 Å². The highest BCUT2D eigenvalue weighted by atomic mass is 32.1. The number of benzene rings is 8. The van der Waals surface area contributed by atoms with Crippen LogP contribution in [-0.2, 0) is 16.2 Å². The fourth-order valence-electron chi connectivity index (χ4n) is 10.2. The van der Waals surface area contributed by atoms with Crippen LogP contribution in [0.15, 0.2) is 170 Å². The van der Waals surface area contributed by atoms with Gasteiger partial charge in [0.25, 0.3) is 0 Å². The number of hydrogen-bond acceptors (Lipinski definition) is 3. The lowest BCUT2D eigenvalue weighted by Crippen LogP contribution is -2.61. The minimum Gasteiger partial charge on any atom is -0.376 e. The summed E-state index contributed by atoms with van der Waals surface area (Å²) in [5.74, 6) is 0. The molecule has 2 aliphatic heterocycles. The lowest BCUT2D eigenvalue weighted by Gasteiger charge is -2.47. The summed E-state index contributed by atoms with van der Waals surface area (Å²) < 4.78 is 2.63. The van der Waals surface area contributed by atoms with Crippen LogP contribution < -0.4 is 20.6 Å². The van der Waals surface area contributed by atoms with Gasteiger partial charge in [0.1, 0.15) is 0 Å². The van der Waals surface area contributed by atoms with Crippen LogP contribution >= 0.6 is 11.3 Å². The van der Waals surface area contributed by atoms with Crippen LogP contribution in [0.4, 0.5) is 28.4 Å². The van der Waals surface area contributed by atoms with E-state index in [0.29, 0.717) is 0 Å². The molecule has 0 radical (unpaired) electrons. The van der Waals surface area contributed by atoms with Crippen LogP contribution in [-0.4, -0.2) is 6.85 Å². The van der Waals surface area contributed by atoms with Gasteiger partial charge in [-0.3, -0.25) is 0 Å². The van der Waals surface area contributed by atoms with Gasteiger partial charge in [-0.1, -0.05) is 184 Å². The Kier molecular flexibility index (Phi) is 9.21. The zero-order chi connectivity index (χ0) is 44.3. The fraction of sp³-hybridized carbons (Fsp3) is 0.200. The van der Waals surface area contributed by atoms with Gasteiger partial charge in [-0.2, -0.15) is 0 Å². The van der Waals surface area contributed by atoms with Gasteiger partial charge in [0.05, 0.1) is 16.1 Å². The van der Waals surface area contributed by atoms with Crippen molar-refractivity contribution in [2.75, 3.05) is 9.71 Å². The molecule has 314 valence electrons. The van der Waals surface area contributed by atoms with Crippen molar-refractivity contribution in [2.45, 2.75) is 78.6 Å². The first-order valence-corrected chi connectivity index (χ1v) is 23.7. The van der Waals surface area contributed by atoms with Crippen molar-refractivity contribution in [3.8, 4) is 33.4 Å². The van der Waals surface area contributed by atoms with Crippen molar-refractivity contribution >= 4 is 77.7 Å². The van der Waals surface area contributed by atoms with Gasteiger partial charge >= 0.3 is 6.85 Å². The highest BCUT2D eigenvalue weighted by Crippen LogP contribution is 2.53. The number of thiophene rings is 1. The highest BCUT2D eigenvalue weighted by Gasteiger charge is 2.47. The second-order valence-electron chi connectivity index (χ2n) is 21.0. The molecule has 0 fully saturated rings. The smallest absolute Gasteiger partial charge is 0.333 e. The summed E-state index contributed by atoms with van der Waals surface area (Å²) in [6, 6.07) is 64.7. The second kappa shape index (κ2) is 14.6. The van der Waals surface area contributed by atoms with Gasteiger partial charge in [0.2, 0.25) is 0 Å². The van der Waals surface area contributed by atoms with E-state index in [2.05, 4.69) is 242 Å². The second-order valence-corrected chi connectivity index (χ2v) is 22.1. The third-order valence-electron chi connectivity index (χ3n) is 13.7. The average Bonchev–Trinajstić information content (AvgIpc) is 3.67. The van der Waals surface area contributed by atoms with E-state index in [-0.39, 0.29) is 23.1 Å². The molecule has 0 aliphatic carbocycles. The largest absolute Gasteiger partial charge is 0.376 e. The van der Waals surface area contributed by atoms with Gasteiger partial charge in [-0.15, -0.1) is 11.3 Å². The lowest BCUT2D eigenvalue weighted by molar-refractivity contribution is 0.590. The molecule has 4 heteroatoms. The van der Waals surface area contributed by atoms with Crippen LogP contribution in [0.5, 0.6) is 0 Å². The first kappa shape index (κ1) is 40.4. The molecule has 0 atom stereocenters. The maximum Gasteiger partial charge on any atom is 0.333 e. The molecular formula is C60H55BN2S. The Bertz CT molecular complexity index is 3270. The van der Waals surface area contributed by atoms with E-state index in [4.69, 9.17) is 0 Å². The summed E-state index contributed by atoms with van der Waals surface area (Å²) in [5.41, 5.74) is 20.1. The standard InChI is InChI=1S/C60H55BN2S/c1-58(2,3)41-25-28-44(29-26-41)63-52-32-24-40(38-18-12-10-13-19-38)34-48(52)49-36-43(60(7,8)9)37-53-55(49)61(63)50-31-30-46-45-22-16-17-23-54(45)64-57(46)56(50)62(53)51-33-27-42(59(4,5)6)35-47(51)39-20-14-11-15-21-39/h10-37H,1-9H3. The van der Waals surface area contributed by atoms with Gasteiger partial charge in [0, 0.05) is 43.7 Å². The third-order valence-corrected chi connectivity index (χ3v) is 14.9. The predicted molar refractivity (Wildman–Crippen MR) is 280 cm³/mol. The summed E-state index contributed by atoms with van der Waals surface area (Å²) in [6.45, 7) is 20.9. The molecule has 0 bridgehead atoms. The van der Waals surface area contributed by atoms with Crippen LogP contribution in [0.3, 0.4) is 0 Å². The van der Waals surface area contributed by atoms with Crippen molar-refractivity contribution in [3.63, 3.8) is 0 Å². The number of hydrogen-bond donors (Lipinski definition) is 0. The van der Waals surface area contributed by atoms with E-state index in [0.717, 1.165) is 0 Å². The van der Waals surface area contributed by atoms with Crippen molar-refractivity contribution < 1.29 is 0 Å². The maximum atomic E-state index is 2.68. The van der Waals surface area contributed by atoms with Gasteiger partial charge < -0.3 is 9.71 Å². The Morgan fingerprint density at radius 3 is 1.72 bits per heavy atom. The van der Waals surface area contributed by atoms with Crippen molar-refractivity contribution in [3.05, 3.63) is 187 Å². The summed E-state index contributed by atoms with van der Waals surface area (Å²) in [4.78, 5) is 5.34. The SMILES string of the molecule is CC(C)(C)c1ccc(N2B3c4ccc5c(sc6ccccc65)c4N(c4ccc(C(C)(C)C)cc4-c4ccccc4)c4cc(C(C)(C)C)cc(c43)-c3cc(-c4ccccc4)ccc32)cc1. The zero-order valence-electron chi connectivity index (χ0n) is 38.5. The molecule has 0 unspecified atom stereocenters. The molecule has 1 aromatic heterocycles. The van der Waals surface area contributed by atoms with Crippen molar-refractivity contribution in [1.29, 1.82) is 0 Å². The Morgan fingerprint density at radius 2 is 1.03 bits per heavy atom. The first-order valence-electron chi connectivity index (χ1n) is 22.9. The summed E-state index contributed by atoms with van der Waals surface area (Å²) >= 11 is 1.93. The quantitative estimate of drug-likeness (QED) is 0.163. The normalized spacial score (nSPS) is 13.6. The Hall–Kier alpha value is -6.36. The van der Waals surface area contributed by atoms with E-state index >= 15 is 0 Å². The van der Waals surface area contributed by atoms with E-state index in [1.807, 2.05) is 11.3 Å². The minimum absolute atomic E-state index is 0.0275. The highest BCUT2D eigenvalue weighted by molar-refractivity contribution is 7.26. The van der Waals surface area contributed by atoms with E-state index in [9.17, 15) is 0 Å². The van der Waals surface area contributed by atoms with Crippen LogP contribution in [0.25, 0.3) is 53.6 Å². The van der Waals surface area contributed by atoms with Crippen molar-refractivity contribution in [2.24, 2.45) is 0 Å². The van der Waals surface area contributed by atoms with Crippen molar-refractivity contribution in [1.82, 2.24) is 0 Å². The molecule has 8 aromatic carbocycles. The predicted octanol–water partition coefficient (Wildman–Crippen LogP) is 16.0. The molecule has 0 saturated carbocycles. The average molecular weight is 847 g/mol. The van der Waals surface area contributed by atoms with Gasteiger partial charge in [-0.05, 0) is 115 Å². The first-order chi connectivity index (χ1) is 30.6. The molecule has 64 heavy (non-hydrogen) atoms. The summed E-state index contributed by atoms with van der Waals surface area (Å²) in [6.07, 6.45) is 0. The molecule has 2 nitrogen and oxygen atoms in total. The molecule has 11 rings (SSSR count). The number of fused-ring (bicyclic) bond motifs is 8. The Morgan fingerprint density at radius 1 is 0.422 bits per heavy atom. The van der Waals surface area contributed by atoms with Crippen LogP contribution in [0.1, 0.15) is 79.0 Å². The summed E-state index contributed by atoms with van der Waals surface area (Å²) in [5, 5.41) is 2.61. The third kappa shape index (κ3) is 6.52. The monoisotopic (exact) mass is 846 g/mol. The molecule has 2 aliphatic rings. The van der Waals surface area contributed by atoms with E-state index in [1.165, 1.54) is 110 Å². The van der Waals surface area contributed by atoms with Crippen LogP contribution in [0, 0.1) is 0 Å². The Balaban J connectivity index is 1.30. The minimum atomic E-state index is -0.119. The molecule has 0 N–H and O–H groups in total. The topological polar surface area (TPSA) is 6.48 Å². The maximum absolute atomic E-state index is 2.68. The molecule has 9 aromatic rings.